The first kappa shape index (κ1) is 16.6. The Morgan fingerprint density at radius 2 is 2.08 bits per heavy atom. The Bertz CT molecular complexity index is 718. The lowest BCUT2D eigenvalue weighted by Crippen LogP contribution is -2.32. The molecule has 0 saturated carbocycles. The highest BCUT2D eigenvalue weighted by Crippen LogP contribution is 2.23. The van der Waals surface area contributed by atoms with Crippen molar-refractivity contribution in [3.05, 3.63) is 41.2 Å². The molecule has 0 radical (unpaired) electrons. The van der Waals surface area contributed by atoms with Gasteiger partial charge in [-0.1, -0.05) is 17.3 Å². The van der Waals surface area contributed by atoms with Crippen molar-refractivity contribution in [1.29, 1.82) is 0 Å². The second kappa shape index (κ2) is 7.13. The van der Waals surface area contributed by atoms with Gasteiger partial charge >= 0.3 is 0 Å². The van der Waals surface area contributed by atoms with Gasteiger partial charge in [0.25, 0.3) is 5.91 Å². The number of amides is 1. The number of piperidine rings is 1. The van der Waals surface area contributed by atoms with Crippen LogP contribution in [0.2, 0.25) is 0 Å². The van der Waals surface area contributed by atoms with Crippen molar-refractivity contribution in [3.8, 4) is 0 Å². The number of hydrogen-bond donors (Lipinski definition) is 1. The van der Waals surface area contributed by atoms with Crippen LogP contribution < -0.4 is 10.2 Å². The Balaban J connectivity index is 1.87. The summed E-state index contributed by atoms with van der Waals surface area (Å²) >= 11 is 0. The second-order valence-electron chi connectivity index (χ2n) is 6.34. The van der Waals surface area contributed by atoms with Crippen molar-refractivity contribution in [2.75, 3.05) is 24.5 Å². The molecule has 1 amide bonds. The van der Waals surface area contributed by atoms with Crippen molar-refractivity contribution < 1.29 is 4.79 Å². The summed E-state index contributed by atoms with van der Waals surface area (Å²) < 4.78 is 1.93. The van der Waals surface area contributed by atoms with Gasteiger partial charge in [0.15, 0.2) is 5.69 Å². The molecular weight excluding hydrogens is 302 g/mol. The van der Waals surface area contributed by atoms with Gasteiger partial charge in [-0.05, 0) is 64.4 Å². The van der Waals surface area contributed by atoms with Crippen LogP contribution in [0, 0.1) is 13.8 Å². The molecule has 0 spiro atoms. The lowest BCUT2D eigenvalue weighted by molar-refractivity contribution is 0.0983. The van der Waals surface area contributed by atoms with E-state index in [1.165, 1.54) is 0 Å². The molecule has 0 bridgehead atoms. The zero-order chi connectivity index (χ0) is 17.1. The van der Waals surface area contributed by atoms with Gasteiger partial charge < -0.3 is 10.2 Å². The van der Waals surface area contributed by atoms with Crippen LogP contribution in [0.4, 0.5) is 5.69 Å². The van der Waals surface area contributed by atoms with E-state index in [0.29, 0.717) is 18.3 Å². The first-order valence-corrected chi connectivity index (χ1v) is 8.63. The van der Waals surface area contributed by atoms with Gasteiger partial charge in [-0.2, -0.15) is 0 Å². The fourth-order valence-electron chi connectivity index (χ4n) is 3.30. The third-order valence-electron chi connectivity index (χ3n) is 4.66. The number of carbonyl (C=O) groups is 1. The summed E-state index contributed by atoms with van der Waals surface area (Å²) in [5, 5.41) is 11.8. The molecule has 1 saturated heterocycles. The van der Waals surface area contributed by atoms with Gasteiger partial charge in [-0.3, -0.25) is 4.79 Å². The fraction of sp³-hybridized carbons (Fsp3) is 0.500. The van der Waals surface area contributed by atoms with Crippen LogP contribution in [-0.2, 0) is 0 Å². The van der Waals surface area contributed by atoms with Crippen LogP contribution in [0.5, 0.6) is 0 Å². The van der Waals surface area contributed by atoms with E-state index in [4.69, 9.17) is 0 Å². The minimum Gasteiger partial charge on any atom is -0.317 e. The minimum absolute atomic E-state index is 0.0826. The van der Waals surface area contributed by atoms with Gasteiger partial charge in [0.2, 0.25) is 0 Å². The average molecular weight is 327 g/mol. The van der Waals surface area contributed by atoms with Gasteiger partial charge in [-0.15, -0.1) is 5.10 Å². The minimum atomic E-state index is -0.0826. The number of rotatable bonds is 4. The number of aryl methyl sites for hydroxylation is 1. The van der Waals surface area contributed by atoms with Crippen molar-refractivity contribution >= 4 is 11.6 Å². The van der Waals surface area contributed by atoms with Crippen molar-refractivity contribution in [3.63, 3.8) is 0 Å². The van der Waals surface area contributed by atoms with Crippen molar-refractivity contribution in [2.24, 2.45) is 0 Å². The summed E-state index contributed by atoms with van der Waals surface area (Å²) in [5.41, 5.74) is 3.35. The smallest absolute Gasteiger partial charge is 0.280 e. The van der Waals surface area contributed by atoms with Gasteiger partial charge in [0, 0.05) is 12.2 Å². The van der Waals surface area contributed by atoms with Crippen LogP contribution >= 0.6 is 0 Å². The molecule has 1 N–H and O–H groups in total. The second-order valence-corrected chi connectivity index (χ2v) is 6.34. The molecule has 6 nitrogen and oxygen atoms in total. The van der Waals surface area contributed by atoms with E-state index in [0.717, 1.165) is 42.9 Å². The Morgan fingerprint density at radius 1 is 1.33 bits per heavy atom. The first-order valence-electron chi connectivity index (χ1n) is 8.63. The topological polar surface area (TPSA) is 63.1 Å². The van der Waals surface area contributed by atoms with Crippen LogP contribution in [0.25, 0.3) is 0 Å². The van der Waals surface area contributed by atoms with E-state index in [2.05, 4.69) is 15.6 Å². The van der Waals surface area contributed by atoms with Crippen molar-refractivity contribution in [1.82, 2.24) is 20.3 Å². The van der Waals surface area contributed by atoms with E-state index in [-0.39, 0.29) is 5.91 Å². The number of aromatic nitrogens is 3. The molecule has 1 fully saturated rings. The van der Waals surface area contributed by atoms with Gasteiger partial charge in [0.1, 0.15) is 0 Å². The lowest BCUT2D eigenvalue weighted by Gasteiger charge is -2.24. The molecule has 3 rings (SSSR count). The maximum Gasteiger partial charge on any atom is 0.280 e. The third-order valence-corrected chi connectivity index (χ3v) is 4.66. The zero-order valence-corrected chi connectivity index (χ0v) is 14.6. The first-order chi connectivity index (χ1) is 11.6. The fourth-order valence-corrected chi connectivity index (χ4v) is 3.30. The normalized spacial score (nSPS) is 15.5. The highest BCUT2D eigenvalue weighted by atomic mass is 16.2. The average Bonchev–Trinajstić information content (AvgIpc) is 2.98. The Labute approximate surface area is 142 Å². The molecule has 128 valence electrons. The molecular formula is C18H25N5O. The predicted molar refractivity (Wildman–Crippen MR) is 94.4 cm³/mol. The number of hydrogen-bond acceptors (Lipinski definition) is 4. The molecule has 1 aliphatic rings. The SMILES string of the molecule is CCN(C(=O)c1nnn(C2CCNCC2)c1C)c1cccc(C)c1. The van der Waals surface area contributed by atoms with Crippen LogP contribution in [0.15, 0.2) is 24.3 Å². The summed E-state index contributed by atoms with van der Waals surface area (Å²) in [5.74, 6) is -0.0826. The predicted octanol–water partition coefficient (Wildman–Crippen LogP) is 2.49. The summed E-state index contributed by atoms with van der Waals surface area (Å²) in [4.78, 5) is 14.8. The van der Waals surface area contributed by atoms with Gasteiger partial charge in [-0.25, -0.2) is 4.68 Å². The van der Waals surface area contributed by atoms with Crippen LogP contribution in [0.1, 0.15) is 47.6 Å². The molecule has 1 aromatic heterocycles. The van der Waals surface area contributed by atoms with E-state index in [1.807, 2.05) is 49.7 Å². The van der Waals surface area contributed by atoms with Crippen LogP contribution in [-0.4, -0.2) is 40.5 Å². The Kier molecular flexibility index (Phi) is 4.94. The number of carbonyl (C=O) groups excluding carboxylic acids is 1. The molecule has 24 heavy (non-hydrogen) atoms. The largest absolute Gasteiger partial charge is 0.317 e. The number of nitrogens with one attached hydrogen (secondary N) is 1. The molecule has 0 aliphatic carbocycles. The van der Waals surface area contributed by atoms with E-state index < -0.39 is 0 Å². The van der Waals surface area contributed by atoms with E-state index >= 15 is 0 Å². The molecule has 2 aromatic rings. The Hall–Kier alpha value is -2.21. The van der Waals surface area contributed by atoms with Crippen molar-refractivity contribution in [2.45, 2.75) is 39.7 Å². The molecule has 2 heterocycles. The molecule has 0 unspecified atom stereocenters. The highest BCUT2D eigenvalue weighted by Gasteiger charge is 2.26. The quantitative estimate of drug-likeness (QED) is 0.937. The third kappa shape index (κ3) is 3.19. The zero-order valence-electron chi connectivity index (χ0n) is 14.6. The number of nitrogens with zero attached hydrogens (tertiary/aromatic N) is 4. The summed E-state index contributed by atoms with van der Waals surface area (Å²) in [6.45, 7) is 8.52. The molecule has 1 aromatic carbocycles. The monoisotopic (exact) mass is 327 g/mol. The molecule has 1 aliphatic heterocycles. The van der Waals surface area contributed by atoms with Gasteiger partial charge in [0.05, 0.1) is 11.7 Å². The highest BCUT2D eigenvalue weighted by molar-refractivity contribution is 6.05. The standard InChI is InChI=1S/C18H25N5O/c1-4-22(16-7-5-6-13(2)12-16)18(24)17-14(3)23(21-20-17)15-8-10-19-11-9-15/h5-7,12,15,19H,4,8-11H2,1-3H3. The number of anilines is 1. The Morgan fingerprint density at radius 3 is 2.75 bits per heavy atom. The summed E-state index contributed by atoms with van der Waals surface area (Å²) in [7, 11) is 0. The van der Waals surface area contributed by atoms with E-state index in [9.17, 15) is 4.79 Å². The molecule has 6 heteroatoms. The number of benzene rings is 1. The summed E-state index contributed by atoms with van der Waals surface area (Å²) in [6, 6.07) is 8.31. The maximum atomic E-state index is 13.0. The molecule has 0 atom stereocenters. The van der Waals surface area contributed by atoms with E-state index in [1.54, 1.807) is 4.90 Å². The summed E-state index contributed by atoms with van der Waals surface area (Å²) in [6.07, 6.45) is 2.04. The maximum absolute atomic E-state index is 13.0. The van der Waals surface area contributed by atoms with Crippen LogP contribution in [0.3, 0.4) is 0 Å². The lowest BCUT2D eigenvalue weighted by atomic mass is 10.1.